The minimum absolute atomic E-state index is 0.0522. The van der Waals surface area contributed by atoms with Gasteiger partial charge < -0.3 is 5.73 Å². The molecular formula is C19H22F3N3O. The Morgan fingerprint density at radius 1 is 1.23 bits per heavy atom. The van der Waals surface area contributed by atoms with E-state index in [4.69, 9.17) is 5.73 Å². The molecule has 1 aliphatic carbocycles. The normalized spacial score (nSPS) is 20.9. The standard InChI is InChI=1S/C19H22F3N3O/c1-11-5-7-13(8-6-11)16-15(17(26)25-18(23)24-16)10-12-3-2-4-14(9-12)19(20,21)22/h2-4,9,11,13H,5-8,10H2,1H3,(H3,23,24,25,26). The topological polar surface area (TPSA) is 71.8 Å². The molecule has 26 heavy (non-hydrogen) atoms. The monoisotopic (exact) mass is 365 g/mol. The number of benzene rings is 1. The molecule has 140 valence electrons. The zero-order valence-electron chi connectivity index (χ0n) is 14.6. The van der Waals surface area contributed by atoms with Crippen LogP contribution in [0.3, 0.4) is 0 Å². The molecule has 0 radical (unpaired) electrons. The van der Waals surface area contributed by atoms with Crippen LogP contribution in [0.1, 0.15) is 60.9 Å². The lowest BCUT2D eigenvalue weighted by molar-refractivity contribution is -0.137. The van der Waals surface area contributed by atoms with Gasteiger partial charge in [-0.15, -0.1) is 0 Å². The third kappa shape index (κ3) is 4.08. The average molecular weight is 365 g/mol. The molecule has 1 aromatic heterocycles. The number of rotatable bonds is 3. The van der Waals surface area contributed by atoms with Crippen molar-refractivity contribution in [1.29, 1.82) is 0 Å². The van der Waals surface area contributed by atoms with E-state index in [-0.39, 0.29) is 23.8 Å². The number of aromatic amines is 1. The Kier molecular flexibility index (Phi) is 5.07. The highest BCUT2D eigenvalue weighted by atomic mass is 19.4. The van der Waals surface area contributed by atoms with E-state index in [9.17, 15) is 18.0 Å². The number of halogens is 3. The van der Waals surface area contributed by atoms with E-state index in [0.29, 0.717) is 22.7 Å². The third-order valence-corrected chi connectivity index (χ3v) is 5.10. The number of nitrogens with zero attached hydrogens (tertiary/aromatic N) is 1. The predicted octanol–water partition coefficient (Wildman–Crippen LogP) is 4.26. The lowest BCUT2D eigenvalue weighted by Gasteiger charge is -2.27. The summed E-state index contributed by atoms with van der Waals surface area (Å²) in [5.41, 5.74) is 6.11. The van der Waals surface area contributed by atoms with Crippen molar-refractivity contribution in [3.05, 3.63) is 57.0 Å². The summed E-state index contributed by atoms with van der Waals surface area (Å²) in [5.74, 6) is 0.811. The van der Waals surface area contributed by atoms with E-state index in [1.54, 1.807) is 6.07 Å². The van der Waals surface area contributed by atoms with E-state index >= 15 is 0 Å². The molecule has 1 aromatic carbocycles. The third-order valence-electron chi connectivity index (χ3n) is 5.10. The number of alkyl halides is 3. The summed E-state index contributed by atoms with van der Waals surface area (Å²) in [4.78, 5) is 19.3. The van der Waals surface area contributed by atoms with Gasteiger partial charge in [-0.1, -0.05) is 38.0 Å². The summed E-state index contributed by atoms with van der Waals surface area (Å²) in [6.45, 7) is 2.19. The summed E-state index contributed by atoms with van der Waals surface area (Å²) >= 11 is 0. The minimum Gasteiger partial charge on any atom is -0.369 e. The molecule has 0 saturated heterocycles. The molecular weight excluding hydrogens is 343 g/mol. The van der Waals surface area contributed by atoms with Crippen molar-refractivity contribution in [2.24, 2.45) is 5.92 Å². The number of nitrogens with two attached hydrogens (primary N) is 1. The first-order valence-corrected chi connectivity index (χ1v) is 8.78. The van der Waals surface area contributed by atoms with Crippen LogP contribution in [-0.4, -0.2) is 9.97 Å². The number of hydrogen-bond acceptors (Lipinski definition) is 3. The number of H-pyrrole nitrogens is 1. The number of nitrogens with one attached hydrogen (secondary N) is 1. The number of aromatic nitrogens is 2. The quantitative estimate of drug-likeness (QED) is 0.854. The summed E-state index contributed by atoms with van der Waals surface area (Å²) in [6, 6.07) is 5.07. The van der Waals surface area contributed by atoms with Crippen LogP contribution in [0.2, 0.25) is 0 Å². The number of hydrogen-bond donors (Lipinski definition) is 2. The zero-order chi connectivity index (χ0) is 18.9. The summed E-state index contributed by atoms with van der Waals surface area (Å²) in [6.07, 6.45) is -0.401. The SMILES string of the molecule is CC1CCC(c2nc(N)[nH]c(=O)c2Cc2cccc(C(F)(F)F)c2)CC1. The number of anilines is 1. The van der Waals surface area contributed by atoms with Gasteiger partial charge in [0.15, 0.2) is 0 Å². The Morgan fingerprint density at radius 2 is 1.92 bits per heavy atom. The van der Waals surface area contributed by atoms with E-state index in [0.717, 1.165) is 37.8 Å². The molecule has 1 aliphatic rings. The van der Waals surface area contributed by atoms with Crippen LogP contribution in [0.5, 0.6) is 0 Å². The fourth-order valence-electron chi connectivity index (χ4n) is 3.64. The Morgan fingerprint density at radius 3 is 2.58 bits per heavy atom. The van der Waals surface area contributed by atoms with Crippen molar-refractivity contribution >= 4 is 5.95 Å². The summed E-state index contributed by atoms with van der Waals surface area (Å²) < 4.78 is 38.8. The second-order valence-corrected chi connectivity index (χ2v) is 7.15. The Bertz CT molecular complexity index is 837. The van der Waals surface area contributed by atoms with Gasteiger partial charge in [-0.2, -0.15) is 13.2 Å². The molecule has 1 fully saturated rings. The molecule has 7 heteroatoms. The highest BCUT2D eigenvalue weighted by Crippen LogP contribution is 2.36. The molecule has 4 nitrogen and oxygen atoms in total. The molecule has 0 spiro atoms. The van der Waals surface area contributed by atoms with Crippen molar-refractivity contribution in [1.82, 2.24) is 9.97 Å². The van der Waals surface area contributed by atoms with Gasteiger partial charge >= 0.3 is 6.18 Å². The van der Waals surface area contributed by atoms with Gasteiger partial charge in [0.25, 0.3) is 5.56 Å². The maximum absolute atomic E-state index is 12.9. The lowest BCUT2D eigenvalue weighted by Crippen LogP contribution is -2.24. The lowest BCUT2D eigenvalue weighted by atomic mass is 9.80. The molecule has 2 aromatic rings. The number of nitrogen functional groups attached to an aromatic ring is 1. The van der Waals surface area contributed by atoms with Crippen molar-refractivity contribution in [3.63, 3.8) is 0 Å². The van der Waals surface area contributed by atoms with Gasteiger partial charge in [0.2, 0.25) is 5.95 Å². The second kappa shape index (κ2) is 7.13. The van der Waals surface area contributed by atoms with Gasteiger partial charge in [-0.05, 0) is 30.4 Å². The van der Waals surface area contributed by atoms with Gasteiger partial charge in [0, 0.05) is 17.9 Å². The first-order chi connectivity index (χ1) is 12.2. The Balaban J connectivity index is 1.96. The largest absolute Gasteiger partial charge is 0.416 e. The minimum atomic E-state index is -4.41. The average Bonchev–Trinajstić information content (AvgIpc) is 2.57. The smallest absolute Gasteiger partial charge is 0.369 e. The van der Waals surface area contributed by atoms with E-state index < -0.39 is 11.7 Å². The maximum Gasteiger partial charge on any atom is 0.416 e. The zero-order valence-corrected chi connectivity index (χ0v) is 14.6. The highest BCUT2D eigenvalue weighted by Gasteiger charge is 2.31. The Hall–Kier alpha value is -2.31. The van der Waals surface area contributed by atoms with Gasteiger partial charge in [0.05, 0.1) is 11.3 Å². The van der Waals surface area contributed by atoms with E-state index in [2.05, 4.69) is 16.9 Å². The van der Waals surface area contributed by atoms with Gasteiger partial charge in [-0.3, -0.25) is 9.78 Å². The van der Waals surface area contributed by atoms with Crippen LogP contribution in [0, 0.1) is 5.92 Å². The second-order valence-electron chi connectivity index (χ2n) is 7.15. The molecule has 0 unspecified atom stereocenters. The summed E-state index contributed by atoms with van der Waals surface area (Å²) in [5, 5.41) is 0. The molecule has 0 aliphatic heterocycles. The molecule has 0 atom stereocenters. The molecule has 1 heterocycles. The Labute approximate surface area is 149 Å². The fourth-order valence-corrected chi connectivity index (χ4v) is 3.64. The van der Waals surface area contributed by atoms with Crippen molar-refractivity contribution in [2.75, 3.05) is 5.73 Å². The fraction of sp³-hybridized carbons (Fsp3) is 0.474. The van der Waals surface area contributed by atoms with Crippen LogP contribution < -0.4 is 11.3 Å². The van der Waals surface area contributed by atoms with Crippen LogP contribution in [0.15, 0.2) is 29.1 Å². The van der Waals surface area contributed by atoms with E-state index in [1.165, 1.54) is 6.07 Å². The predicted molar refractivity (Wildman–Crippen MR) is 93.9 cm³/mol. The molecule has 0 amide bonds. The van der Waals surface area contributed by atoms with Crippen molar-refractivity contribution in [2.45, 2.75) is 51.1 Å². The molecule has 3 N–H and O–H groups in total. The van der Waals surface area contributed by atoms with Gasteiger partial charge in [0.1, 0.15) is 0 Å². The van der Waals surface area contributed by atoms with Gasteiger partial charge in [-0.25, -0.2) is 4.98 Å². The van der Waals surface area contributed by atoms with Crippen LogP contribution >= 0.6 is 0 Å². The maximum atomic E-state index is 12.9. The summed E-state index contributed by atoms with van der Waals surface area (Å²) in [7, 11) is 0. The molecule has 0 bridgehead atoms. The molecule has 3 rings (SSSR count). The molecule has 1 saturated carbocycles. The van der Waals surface area contributed by atoms with Crippen molar-refractivity contribution in [3.8, 4) is 0 Å². The van der Waals surface area contributed by atoms with Crippen LogP contribution in [-0.2, 0) is 12.6 Å². The van der Waals surface area contributed by atoms with Crippen LogP contribution in [0.4, 0.5) is 19.1 Å². The highest BCUT2D eigenvalue weighted by molar-refractivity contribution is 5.35. The first-order valence-electron chi connectivity index (χ1n) is 8.78. The first kappa shape index (κ1) is 18.5. The van der Waals surface area contributed by atoms with Crippen molar-refractivity contribution < 1.29 is 13.2 Å². The van der Waals surface area contributed by atoms with Crippen LogP contribution in [0.25, 0.3) is 0 Å². The van der Waals surface area contributed by atoms with E-state index in [1.807, 2.05) is 0 Å².